The van der Waals surface area contributed by atoms with E-state index < -0.39 is 41.1 Å². The van der Waals surface area contributed by atoms with Crippen LogP contribution in [-0.4, -0.2) is 55.7 Å². The van der Waals surface area contributed by atoms with E-state index in [0.717, 1.165) is 0 Å². The van der Waals surface area contributed by atoms with Crippen LogP contribution >= 0.6 is 0 Å². The van der Waals surface area contributed by atoms with E-state index in [1.165, 1.54) is 0 Å². The fraction of sp³-hybridized carbons (Fsp3) is 0.727. The standard InChI is InChI=1S/C11H20N2O6S/c1-6(2)20(19)5-8(11(17)18)13-9(14)4-3-7(12)10(15)16/h6-8H,3-5,12H2,1-2H3,(H,13,14)(H,15,16)(H,17,18)/t7?,8-,20?/m0/s1. The first-order chi connectivity index (χ1) is 9.15. The largest absolute Gasteiger partial charge is 0.616 e. The Kier molecular flexibility index (Phi) is 8.19. The lowest BCUT2D eigenvalue weighted by atomic mass is 10.1. The average molecular weight is 308 g/mol. The van der Waals surface area contributed by atoms with Crippen LogP contribution in [0.25, 0.3) is 0 Å². The van der Waals surface area contributed by atoms with Gasteiger partial charge in [0.15, 0.2) is 6.04 Å². The zero-order chi connectivity index (χ0) is 15.9. The maximum atomic E-state index is 11.6. The summed E-state index contributed by atoms with van der Waals surface area (Å²) in [6.45, 7) is 3.37. The third kappa shape index (κ3) is 7.31. The molecule has 0 spiro atoms. The molecule has 5 N–H and O–H groups in total. The van der Waals surface area contributed by atoms with Gasteiger partial charge in [0.1, 0.15) is 17.0 Å². The van der Waals surface area contributed by atoms with Gasteiger partial charge in [-0.15, -0.1) is 0 Å². The first-order valence-electron chi connectivity index (χ1n) is 6.02. The van der Waals surface area contributed by atoms with E-state index in [0.29, 0.717) is 0 Å². The summed E-state index contributed by atoms with van der Waals surface area (Å²) in [5.41, 5.74) is 5.23. The molecule has 3 atom stereocenters. The van der Waals surface area contributed by atoms with Crippen molar-refractivity contribution in [3.8, 4) is 0 Å². The Balaban J connectivity index is 4.35. The summed E-state index contributed by atoms with van der Waals surface area (Å²) >= 11 is -1.37. The Morgan fingerprint density at radius 1 is 1.25 bits per heavy atom. The lowest BCUT2D eigenvalue weighted by Gasteiger charge is -2.20. The van der Waals surface area contributed by atoms with Gasteiger partial charge in [0.25, 0.3) is 0 Å². The number of nitrogens with two attached hydrogens (primary N) is 1. The quantitative estimate of drug-likeness (QED) is 0.394. The molecule has 0 aromatic carbocycles. The van der Waals surface area contributed by atoms with Crippen molar-refractivity contribution in [2.45, 2.75) is 44.0 Å². The van der Waals surface area contributed by atoms with E-state index >= 15 is 0 Å². The fourth-order valence-electron chi connectivity index (χ4n) is 1.21. The van der Waals surface area contributed by atoms with Crippen molar-refractivity contribution in [3.63, 3.8) is 0 Å². The van der Waals surface area contributed by atoms with Gasteiger partial charge in [-0.2, -0.15) is 0 Å². The molecular formula is C11H20N2O6S. The third-order valence-electron chi connectivity index (χ3n) is 2.49. The van der Waals surface area contributed by atoms with Gasteiger partial charge in [-0.25, -0.2) is 4.79 Å². The monoisotopic (exact) mass is 308 g/mol. The lowest BCUT2D eigenvalue weighted by molar-refractivity contribution is -0.141. The third-order valence-corrected chi connectivity index (χ3v) is 4.20. The van der Waals surface area contributed by atoms with Crippen molar-refractivity contribution < 1.29 is 29.1 Å². The van der Waals surface area contributed by atoms with Gasteiger partial charge in [0.05, 0.1) is 0 Å². The molecule has 0 aliphatic carbocycles. The van der Waals surface area contributed by atoms with Gasteiger partial charge in [-0.05, 0) is 31.4 Å². The van der Waals surface area contributed by atoms with Gasteiger partial charge in [-0.3, -0.25) is 9.59 Å². The molecular weight excluding hydrogens is 288 g/mol. The minimum Gasteiger partial charge on any atom is -0.616 e. The van der Waals surface area contributed by atoms with Crippen molar-refractivity contribution in [2.75, 3.05) is 5.75 Å². The number of carboxylic acids is 2. The number of hydrogen-bond acceptors (Lipinski definition) is 5. The van der Waals surface area contributed by atoms with E-state index in [-0.39, 0.29) is 23.8 Å². The number of amides is 1. The molecule has 20 heavy (non-hydrogen) atoms. The average Bonchev–Trinajstić information content (AvgIpc) is 2.34. The number of carbonyl (C=O) groups excluding carboxylic acids is 1. The van der Waals surface area contributed by atoms with Crippen molar-refractivity contribution in [2.24, 2.45) is 5.73 Å². The van der Waals surface area contributed by atoms with Gasteiger partial charge < -0.3 is 25.8 Å². The molecule has 0 aliphatic rings. The van der Waals surface area contributed by atoms with E-state index in [9.17, 15) is 18.9 Å². The highest BCUT2D eigenvalue weighted by Crippen LogP contribution is 2.04. The van der Waals surface area contributed by atoms with Gasteiger partial charge in [0, 0.05) is 6.42 Å². The van der Waals surface area contributed by atoms with Crippen molar-refractivity contribution >= 4 is 29.0 Å². The number of rotatable bonds is 9. The van der Waals surface area contributed by atoms with Crippen LogP contribution < -0.4 is 11.1 Å². The zero-order valence-corrected chi connectivity index (χ0v) is 12.2. The molecule has 0 saturated heterocycles. The first-order valence-corrected chi connectivity index (χ1v) is 7.41. The van der Waals surface area contributed by atoms with Crippen LogP contribution in [0, 0.1) is 0 Å². The van der Waals surface area contributed by atoms with Crippen LogP contribution in [0.2, 0.25) is 0 Å². The van der Waals surface area contributed by atoms with Crippen LogP contribution in [0.15, 0.2) is 0 Å². The molecule has 116 valence electrons. The second-order valence-corrected chi connectivity index (χ2v) is 6.58. The predicted molar refractivity (Wildman–Crippen MR) is 72.6 cm³/mol. The van der Waals surface area contributed by atoms with Crippen LogP contribution in [-0.2, 0) is 25.6 Å². The Morgan fingerprint density at radius 2 is 1.80 bits per heavy atom. The SMILES string of the molecule is CC(C)[S+]([O-])C[C@H](NC(=O)CCC(N)C(=O)O)C(=O)O. The molecule has 9 heteroatoms. The molecule has 0 aliphatic heterocycles. The molecule has 0 aromatic rings. The smallest absolute Gasteiger partial charge is 0.331 e. The normalized spacial score (nSPS) is 15.4. The topological polar surface area (TPSA) is 153 Å². The molecule has 2 unspecified atom stereocenters. The second-order valence-electron chi connectivity index (χ2n) is 4.54. The lowest BCUT2D eigenvalue weighted by Crippen LogP contribution is -2.46. The summed E-state index contributed by atoms with van der Waals surface area (Å²) in [5, 5.41) is 19.5. The summed E-state index contributed by atoms with van der Waals surface area (Å²) in [6.07, 6.45) is -0.299. The molecule has 8 nitrogen and oxygen atoms in total. The molecule has 0 aromatic heterocycles. The van der Waals surface area contributed by atoms with E-state index in [4.69, 9.17) is 15.9 Å². The van der Waals surface area contributed by atoms with Crippen LogP contribution in [0.4, 0.5) is 0 Å². The summed E-state index contributed by atoms with van der Waals surface area (Å²) < 4.78 is 11.6. The first kappa shape index (κ1) is 18.7. The van der Waals surface area contributed by atoms with Gasteiger partial charge >= 0.3 is 11.9 Å². The number of carbonyl (C=O) groups is 3. The van der Waals surface area contributed by atoms with Crippen molar-refractivity contribution in [1.82, 2.24) is 5.32 Å². The zero-order valence-electron chi connectivity index (χ0n) is 11.4. The number of nitrogens with one attached hydrogen (secondary N) is 1. The second kappa shape index (κ2) is 8.77. The predicted octanol–water partition coefficient (Wildman–Crippen LogP) is -1.09. The molecule has 0 radical (unpaired) electrons. The molecule has 1 amide bonds. The Labute approximate surface area is 119 Å². The molecule has 0 saturated carbocycles. The summed E-state index contributed by atoms with van der Waals surface area (Å²) in [7, 11) is 0. The van der Waals surface area contributed by atoms with Crippen LogP contribution in [0.1, 0.15) is 26.7 Å². The molecule has 0 rings (SSSR count). The summed E-state index contributed by atoms with van der Waals surface area (Å²) in [6, 6.07) is -2.43. The van der Waals surface area contributed by atoms with Gasteiger partial charge in [-0.1, -0.05) is 0 Å². The number of carboxylic acid groups (broad SMARTS) is 2. The Hall–Kier alpha value is -1.32. The minimum atomic E-state index is -1.37. The highest BCUT2D eigenvalue weighted by molar-refractivity contribution is 7.92. The van der Waals surface area contributed by atoms with Crippen LogP contribution in [0.5, 0.6) is 0 Å². The summed E-state index contributed by atoms with van der Waals surface area (Å²) in [5.74, 6) is -3.33. The maximum absolute atomic E-state index is 11.6. The Morgan fingerprint density at radius 3 is 2.20 bits per heavy atom. The molecule has 0 bridgehead atoms. The number of hydrogen-bond donors (Lipinski definition) is 4. The van der Waals surface area contributed by atoms with Crippen molar-refractivity contribution in [1.29, 1.82) is 0 Å². The highest BCUT2D eigenvalue weighted by Gasteiger charge is 2.27. The Bertz CT molecular complexity index is 363. The minimum absolute atomic E-state index is 0.0965. The van der Waals surface area contributed by atoms with E-state index in [2.05, 4.69) is 5.32 Å². The van der Waals surface area contributed by atoms with Crippen LogP contribution in [0.3, 0.4) is 0 Å². The molecule has 0 fully saturated rings. The van der Waals surface area contributed by atoms with E-state index in [1.54, 1.807) is 13.8 Å². The maximum Gasteiger partial charge on any atom is 0.331 e. The fourth-order valence-corrected chi connectivity index (χ4v) is 2.15. The summed E-state index contributed by atoms with van der Waals surface area (Å²) in [4.78, 5) is 33.0. The van der Waals surface area contributed by atoms with Gasteiger partial charge in [0.2, 0.25) is 5.91 Å². The number of aliphatic carboxylic acids is 2. The molecule has 0 heterocycles. The van der Waals surface area contributed by atoms with Crippen molar-refractivity contribution in [3.05, 3.63) is 0 Å². The highest BCUT2D eigenvalue weighted by atomic mass is 32.2. The van der Waals surface area contributed by atoms with E-state index in [1.807, 2.05) is 0 Å².